The minimum absolute atomic E-state index is 0.437. The van der Waals surface area contributed by atoms with E-state index in [2.05, 4.69) is 19.9 Å². The van der Waals surface area contributed by atoms with E-state index in [0.717, 1.165) is 46.9 Å². The molecular weight excluding hydrogens is 658 g/mol. The minimum Gasteiger partial charge on any atom is -0.497 e. The molecule has 4 aromatic carbocycles. The molecule has 6 aromatic rings. The molecule has 0 saturated heterocycles. The molecule has 2 heterocycles. The van der Waals surface area contributed by atoms with Crippen LogP contribution in [0, 0.1) is 0 Å². The molecule has 2 N–H and O–H groups in total. The van der Waals surface area contributed by atoms with Gasteiger partial charge in [-0.2, -0.15) is 26.3 Å². The highest BCUT2D eigenvalue weighted by molar-refractivity contribution is 5.70. The van der Waals surface area contributed by atoms with Crippen molar-refractivity contribution in [3.63, 3.8) is 0 Å². The van der Waals surface area contributed by atoms with Crippen LogP contribution < -0.4 is 9.47 Å². The molecule has 0 unspecified atom stereocenters. The molecule has 6 rings (SSSR count). The third-order valence-electron chi connectivity index (χ3n) is 7.29. The second-order valence-corrected chi connectivity index (χ2v) is 10.7. The zero-order valence-electron chi connectivity index (χ0n) is 26.7. The standard InChI is InChI=1S/2C19H15F3N2O/c2*1-25-16-8-5-13(6-9-16)7-10-18-23-12-17(24-18)14-3-2-4-15(11-14)19(20,21)22/h2*2-12H,1H3,(H,23,24)/b2*10-7+. The van der Waals surface area contributed by atoms with E-state index in [1.165, 1.54) is 24.5 Å². The first-order chi connectivity index (χ1) is 23.9. The van der Waals surface area contributed by atoms with E-state index in [-0.39, 0.29) is 0 Å². The summed E-state index contributed by atoms with van der Waals surface area (Å²) in [6.45, 7) is 0. The number of aromatic amines is 2. The van der Waals surface area contributed by atoms with Crippen LogP contribution in [0.4, 0.5) is 26.3 Å². The number of rotatable bonds is 8. The lowest BCUT2D eigenvalue weighted by molar-refractivity contribution is -0.138. The van der Waals surface area contributed by atoms with Crippen molar-refractivity contribution in [3.8, 4) is 34.0 Å². The Labute approximate surface area is 283 Å². The number of nitrogens with one attached hydrogen (secondary N) is 2. The summed E-state index contributed by atoms with van der Waals surface area (Å²) >= 11 is 0. The fourth-order valence-electron chi connectivity index (χ4n) is 4.64. The van der Waals surface area contributed by atoms with Crippen LogP contribution in [0.25, 0.3) is 46.8 Å². The smallest absolute Gasteiger partial charge is 0.416 e. The Kier molecular flexibility index (Phi) is 10.9. The molecule has 0 amide bonds. The van der Waals surface area contributed by atoms with Crippen molar-refractivity contribution < 1.29 is 35.8 Å². The van der Waals surface area contributed by atoms with Gasteiger partial charge in [-0.25, -0.2) is 9.97 Å². The number of nitrogens with zero attached hydrogens (tertiary/aromatic N) is 2. The van der Waals surface area contributed by atoms with Crippen LogP contribution in [0.2, 0.25) is 0 Å². The first-order valence-electron chi connectivity index (χ1n) is 15.0. The molecule has 50 heavy (non-hydrogen) atoms. The number of benzene rings is 4. The normalized spacial score (nSPS) is 11.8. The van der Waals surface area contributed by atoms with Crippen LogP contribution in [0.1, 0.15) is 33.9 Å². The number of methoxy groups -OCH3 is 2. The molecule has 6 nitrogen and oxygen atoms in total. The Balaban J connectivity index is 0.000000194. The van der Waals surface area contributed by atoms with Gasteiger partial charge in [0, 0.05) is 11.1 Å². The monoisotopic (exact) mass is 688 g/mol. The van der Waals surface area contributed by atoms with Crippen LogP contribution in [-0.2, 0) is 12.4 Å². The lowest BCUT2D eigenvalue weighted by Gasteiger charge is -2.07. The van der Waals surface area contributed by atoms with E-state index in [9.17, 15) is 26.3 Å². The number of aromatic nitrogens is 4. The van der Waals surface area contributed by atoms with E-state index in [0.29, 0.717) is 34.2 Å². The lowest BCUT2D eigenvalue weighted by atomic mass is 10.1. The molecule has 0 spiro atoms. The molecule has 0 bridgehead atoms. The zero-order valence-corrected chi connectivity index (χ0v) is 26.7. The third kappa shape index (κ3) is 9.53. The lowest BCUT2D eigenvalue weighted by Crippen LogP contribution is -2.04. The SMILES string of the molecule is COc1ccc(/C=C/c2ncc(-c3cccc(C(F)(F)F)c3)[nH]2)cc1.COc1ccc(/C=C/c2ncc(-c3cccc(C(F)(F)F)c3)[nH]2)cc1. The van der Waals surface area contributed by atoms with Gasteiger partial charge in [-0.1, -0.05) is 60.7 Å². The molecule has 256 valence electrons. The Morgan fingerprint density at radius 2 is 0.900 bits per heavy atom. The van der Waals surface area contributed by atoms with E-state index in [4.69, 9.17) is 9.47 Å². The van der Waals surface area contributed by atoms with Gasteiger partial charge in [0.1, 0.15) is 23.1 Å². The summed E-state index contributed by atoms with van der Waals surface area (Å²) in [5.74, 6) is 2.65. The van der Waals surface area contributed by atoms with Crippen molar-refractivity contribution in [2.75, 3.05) is 14.2 Å². The highest BCUT2D eigenvalue weighted by atomic mass is 19.4. The molecule has 0 atom stereocenters. The maximum Gasteiger partial charge on any atom is 0.416 e. The van der Waals surface area contributed by atoms with Crippen molar-refractivity contribution in [2.24, 2.45) is 0 Å². The highest BCUT2D eigenvalue weighted by Gasteiger charge is 2.31. The number of halogens is 6. The maximum absolute atomic E-state index is 12.8. The summed E-state index contributed by atoms with van der Waals surface area (Å²) in [4.78, 5) is 14.4. The van der Waals surface area contributed by atoms with Crippen molar-refractivity contribution in [2.45, 2.75) is 12.4 Å². The number of hydrogen-bond donors (Lipinski definition) is 2. The van der Waals surface area contributed by atoms with E-state index < -0.39 is 23.5 Å². The summed E-state index contributed by atoms with van der Waals surface area (Å²) in [6, 6.07) is 25.2. The Morgan fingerprint density at radius 3 is 1.24 bits per heavy atom. The molecule has 0 aliphatic carbocycles. The molecule has 0 fully saturated rings. The van der Waals surface area contributed by atoms with E-state index >= 15 is 0 Å². The second-order valence-electron chi connectivity index (χ2n) is 10.7. The van der Waals surface area contributed by atoms with Crippen LogP contribution in [0.5, 0.6) is 11.5 Å². The molecule has 0 radical (unpaired) electrons. The average Bonchev–Trinajstić information content (AvgIpc) is 3.81. The maximum atomic E-state index is 12.8. The summed E-state index contributed by atoms with van der Waals surface area (Å²) in [7, 11) is 3.20. The van der Waals surface area contributed by atoms with E-state index in [1.54, 1.807) is 38.5 Å². The number of H-pyrrole nitrogens is 2. The third-order valence-corrected chi connectivity index (χ3v) is 7.29. The van der Waals surface area contributed by atoms with Crippen LogP contribution >= 0.6 is 0 Å². The number of imidazole rings is 2. The number of hydrogen-bond acceptors (Lipinski definition) is 4. The van der Waals surface area contributed by atoms with Gasteiger partial charge in [-0.15, -0.1) is 0 Å². The fraction of sp³-hybridized carbons (Fsp3) is 0.105. The van der Waals surface area contributed by atoms with Gasteiger partial charge in [0.25, 0.3) is 0 Å². The Hall–Kier alpha value is -6.04. The Morgan fingerprint density at radius 1 is 0.520 bits per heavy atom. The summed E-state index contributed by atoms with van der Waals surface area (Å²) < 4.78 is 87.0. The van der Waals surface area contributed by atoms with Gasteiger partial charge < -0.3 is 19.4 Å². The van der Waals surface area contributed by atoms with E-state index in [1.807, 2.05) is 60.7 Å². The van der Waals surface area contributed by atoms with Gasteiger partial charge in [0.2, 0.25) is 0 Å². The van der Waals surface area contributed by atoms with Gasteiger partial charge in [0.05, 0.1) is 49.1 Å². The topological polar surface area (TPSA) is 75.8 Å². The molecular formula is C38H30F6N4O2. The van der Waals surface area contributed by atoms with Crippen molar-refractivity contribution in [1.82, 2.24) is 19.9 Å². The predicted octanol–water partition coefficient (Wildman–Crippen LogP) is 10.5. The van der Waals surface area contributed by atoms with Gasteiger partial charge >= 0.3 is 12.4 Å². The first-order valence-corrected chi connectivity index (χ1v) is 15.0. The highest BCUT2D eigenvalue weighted by Crippen LogP contribution is 2.33. The van der Waals surface area contributed by atoms with Crippen molar-refractivity contribution in [1.29, 1.82) is 0 Å². The number of ether oxygens (including phenoxy) is 2. The Bertz CT molecular complexity index is 1910. The fourth-order valence-corrected chi connectivity index (χ4v) is 4.64. The summed E-state index contributed by atoms with van der Waals surface area (Å²) in [6.07, 6.45) is 1.53. The largest absolute Gasteiger partial charge is 0.497 e. The number of alkyl halides is 6. The predicted molar refractivity (Wildman–Crippen MR) is 182 cm³/mol. The van der Waals surface area contributed by atoms with Gasteiger partial charge in [-0.05, 0) is 71.8 Å². The molecule has 2 aromatic heterocycles. The zero-order chi connectivity index (χ0) is 35.7. The van der Waals surface area contributed by atoms with Crippen LogP contribution in [0.15, 0.2) is 109 Å². The quantitative estimate of drug-likeness (QED) is 0.156. The molecule has 0 saturated carbocycles. The average molecular weight is 689 g/mol. The molecule has 0 aliphatic heterocycles. The van der Waals surface area contributed by atoms with Crippen molar-refractivity contribution in [3.05, 3.63) is 143 Å². The molecule has 0 aliphatic rings. The van der Waals surface area contributed by atoms with Crippen LogP contribution in [0.3, 0.4) is 0 Å². The van der Waals surface area contributed by atoms with Gasteiger partial charge in [0.15, 0.2) is 0 Å². The minimum atomic E-state index is -4.37. The van der Waals surface area contributed by atoms with Crippen LogP contribution in [-0.4, -0.2) is 34.2 Å². The van der Waals surface area contributed by atoms with Gasteiger partial charge in [-0.3, -0.25) is 0 Å². The molecule has 12 heteroatoms. The van der Waals surface area contributed by atoms with Crippen molar-refractivity contribution >= 4 is 24.3 Å². The summed E-state index contributed by atoms with van der Waals surface area (Å²) in [5, 5.41) is 0. The first kappa shape index (κ1) is 35.3. The summed E-state index contributed by atoms with van der Waals surface area (Å²) in [5.41, 5.74) is 2.47. The second kappa shape index (κ2) is 15.5.